The molecule has 0 heterocycles. The Morgan fingerprint density at radius 2 is 1.30 bits per heavy atom. The molecule has 1 unspecified atom stereocenters. The first-order valence-electron chi connectivity index (χ1n) is 11.9. The van der Waals surface area contributed by atoms with Crippen LogP contribution >= 0.6 is 7.92 Å². The van der Waals surface area contributed by atoms with Crippen molar-refractivity contribution in [3.05, 3.63) is 47.5 Å². The second-order valence-corrected chi connectivity index (χ2v) is 12.2. The minimum atomic E-state index is 0.197. The minimum Gasteiger partial charge on any atom is -0.0930 e. The second kappa shape index (κ2) is 10.2. The van der Waals surface area contributed by atoms with Gasteiger partial charge in [-0.25, -0.2) is 0 Å². The van der Waals surface area contributed by atoms with Gasteiger partial charge in [0, 0.05) is 5.66 Å². The van der Waals surface area contributed by atoms with E-state index in [1.54, 1.807) is 25.7 Å². The van der Waals surface area contributed by atoms with Crippen LogP contribution in [-0.4, -0.2) is 17.0 Å². The Morgan fingerprint density at radius 3 is 1.93 bits per heavy atom. The maximum absolute atomic E-state index is 2.68. The third kappa shape index (κ3) is 5.26. The van der Waals surface area contributed by atoms with Gasteiger partial charge in [-0.2, -0.15) is 0 Å². The lowest BCUT2D eigenvalue weighted by Gasteiger charge is -2.45. The molecule has 3 aliphatic carbocycles. The molecule has 1 atom stereocenters. The van der Waals surface area contributed by atoms with Crippen molar-refractivity contribution < 1.29 is 0 Å². The van der Waals surface area contributed by atoms with Crippen LogP contribution < -0.4 is 0 Å². The Labute approximate surface area is 169 Å². The Kier molecular flexibility index (Phi) is 7.48. The largest absolute Gasteiger partial charge is 0.0930 e. The fourth-order valence-corrected chi connectivity index (χ4v) is 10.7. The third-order valence-electron chi connectivity index (χ3n) is 7.42. The van der Waals surface area contributed by atoms with Crippen molar-refractivity contribution in [3.8, 4) is 0 Å². The standard InChI is InChI=1S/C26H39P/c1-4-12-22(13-5-1)20-21-23-14-10-11-19-26(23)27(24-15-6-2-7-16-24)25-17-8-3-9-18-25/h1,4-5,12-13,21,24-26H,2-3,6-11,14-20H2. The van der Waals surface area contributed by atoms with Gasteiger partial charge in [0.05, 0.1) is 0 Å². The van der Waals surface area contributed by atoms with E-state index in [-0.39, 0.29) is 7.92 Å². The van der Waals surface area contributed by atoms with Gasteiger partial charge in [-0.1, -0.05) is 94.8 Å². The molecule has 0 nitrogen and oxygen atoms in total. The highest BCUT2D eigenvalue weighted by atomic mass is 31.1. The topological polar surface area (TPSA) is 0 Å². The fourth-order valence-electron chi connectivity index (χ4n) is 6.03. The van der Waals surface area contributed by atoms with E-state index in [1.807, 2.05) is 5.57 Å². The van der Waals surface area contributed by atoms with Crippen molar-refractivity contribution in [3.63, 3.8) is 0 Å². The van der Waals surface area contributed by atoms with Gasteiger partial charge in [-0.3, -0.25) is 0 Å². The molecule has 0 bridgehead atoms. The van der Waals surface area contributed by atoms with Crippen LogP contribution in [0.3, 0.4) is 0 Å². The predicted octanol–water partition coefficient (Wildman–Crippen LogP) is 8.25. The van der Waals surface area contributed by atoms with E-state index >= 15 is 0 Å². The smallest absolute Gasteiger partial charge is 0.000566 e. The molecule has 0 N–H and O–H groups in total. The summed E-state index contributed by atoms with van der Waals surface area (Å²) in [6.45, 7) is 0. The van der Waals surface area contributed by atoms with E-state index in [1.165, 1.54) is 69.8 Å². The monoisotopic (exact) mass is 382 g/mol. The van der Waals surface area contributed by atoms with Crippen LogP contribution in [0.2, 0.25) is 0 Å². The van der Waals surface area contributed by atoms with Crippen LogP contribution in [0.1, 0.15) is 95.5 Å². The van der Waals surface area contributed by atoms with Crippen LogP contribution in [-0.2, 0) is 6.42 Å². The summed E-state index contributed by atoms with van der Waals surface area (Å²) < 4.78 is 0. The van der Waals surface area contributed by atoms with E-state index in [2.05, 4.69) is 36.4 Å². The Hall–Kier alpha value is -0.610. The van der Waals surface area contributed by atoms with E-state index in [0.29, 0.717) is 0 Å². The molecule has 0 spiro atoms. The van der Waals surface area contributed by atoms with E-state index in [0.717, 1.165) is 23.4 Å². The number of rotatable bonds is 5. The molecule has 4 rings (SSSR count). The lowest BCUT2D eigenvalue weighted by molar-refractivity contribution is 0.476. The summed E-state index contributed by atoms with van der Waals surface area (Å²) in [5, 5.41) is 0. The highest BCUT2D eigenvalue weighted by Gasteiger charge is 2.38. The molecule has 3 aliphatic rings. The van der Waals surface area contributed by atoms with E-state index in [9.17, 15) is 0 Å². The maximum Gasteiger partial charge on any atom is 0.000566 e. The highest BCUT2D eigenvalue weighted by Crippen LogP contribution is 2.62. The normalized spacial score (nSPS) is 27.3. The summed E-state index contributed by atoms with van der Waals surface area (Å²) in [7, 11) is 0.197. The van der Waals surface area contributed by atoms with Crippen molar-refractivity contribution in [2.45, 2.75) is 113 Å². The average molecular weight is 383 g/mol. The first kappa shape index (κ1) is 19.7. The zero-order chi connectivity index (χ0) is 18.3. The molecule has 148 valence electrons. The van der Waals surface area contributed by atoms with Crippen molar-refractivity contribution in [1.29, 1.82) is 0 Å². The average Bonchev–Trinajstić information content (AvgIpc) is 2.76. The Bertz CT molecular complexity index is 559. The minimum absolute atomic E-state index is 0.197. The molecule has 27 heavy (non-hydrogen) atoms. The SMILES string of the molecule is C(Cc1ccccc1)=C1CCCCC1P(C1CCCCC1)C1CCCCC1. The lowest BCUT2D eigenvalue weighted by Crippen LogP contribution is -2.29. The molecule has 1 heteroatoms. The molecule has 0 saturated heterocycles. The highest BCUT2D eigenvalue weighted by molar-refractivity contribution is 7.60. The van der Waals surface area contributed by atoms with Gasteiger partial charge < -0.3 is 0 Å². The van der Waals surface area contributed by atoms with Gasteiger partial charge in [0.2, 0.25) is 0 Å². The molecule has 0 aliphatic heterocycles. The molecule has 3 saturated carbocycles. The number of allylic oxidation sites excluding steroid dienone is 2. The number of hydrogen-bond donors (Lipinski definition) is 0. The molecule has 0 amide bonds. The van der Waals surface area contributed by atoms with E-state index in [4.69, 9.17) is 0 Å². The maximum atomic E-state index is 2.68. The Balaban J connectivity index is 1.55. The first-order valence-corrected chi connectivity index (χ1v) is 13.5. The summed E-state index contributed by atoms with van der Waals surface area (Å²) in [5.74, 6) is 0. The Morgan fingerprint density at radius 1 is 0.704 bits per heavy atom. The third-order valence-corrected chi connectivity index (χ3v) is 11.4. The molecule has 3 fully saturated rings. The van der Waals surface area contributed by atoms with Crippen molar-refractivity contribution in [1.82, 2.24) is 0 Å². The van der Waals surface area contributed by atoms with Crippen LogP contribution in [0.4, 0.5) is 0 Å². The molecule has 1 aromatic rings. The van der Waals surface area contributed by atoms with Gasteiger partial charge in [0.25, 0.3) is 0 Å². The number of benzene rings is 1. The zero-order valence-corrected chi connectivity index (χ0v) is 18.1. The summed E-state index contributed by atoms with van der Waals surface area (Å²) in [6, 6.07) is 11.2. The number of hydrogen-bond acceptors (Lipinski definition) is 0. The summed E-state index contributed by atoms with van der Waals surface area (Å²) in [6.07, 6.45) is 25.0. The van der Waals surface area contributed by atoms with E-state index < -0.39 is 0 Å². The predicted molar refractivity (Wildman–Crippen MR) is 121 cm³/mol. The fraction of sp³-hybridized carbons (Fsp3) is 0.692. The van der Waals surface area contributed by atoms with Crippen LogP contribution in [0.15, 0.2) is 42.0 Å². The van der Waals surface area contributed by atoms with Crippen LogP contribution in [0.5, 0.6) is 0 Å². The van der Waals surface area contributed by atoms with Gasteiger partial charge in [-0.15, -0.1) is 0 Å². The molecular weight excluding hydrogens is 343 g/mol. The van der Waals surface area contributed by atoms with Crippen molar-refractivity contribution in [2.24, 2.45) is 0 Å². The van der Waals surface area contributed by atoms with Gasteiger partial charge in [0.1, 0.15) is 0 Å². The summed E-state index contributed by atoms with van der Waals surface area (Å²) >= 11 is 0. The zero-order valence-electron chi connectivity index (χ0n) is 17.2. The van der Waals surface area contributed by atoms with Crippen molar-refractivity contribution >= 4 is 7.92 Å². The molecular formula is C26H39P. The van der Waals surface area contributed by atoms with Crippen LogP contribution in [0.25, 0.3) is 0 Å². The van der Waals surface area contributed by atoms with Gasteiger partial charge in [0.15, 0.2) is 0 Å². The van der Waals surface area contributed by atoms with Gasteiger partial charge in [-0.05, 0) is 68.2 Å². The molecule has 1 aromatic carbocycles. The molecule has 0 radical (unpaired) electrons. The lowest BCUT2D eigenvalue weighted by atomic mass is 9.92. The van der Waals surface area contributed by atoms with Crippen molar-refractivity contribution in [2.75, 3.05) is 0 Å². The second-order valence-electron chi connectivity index (χ2n) is 9.26. The summed E-state index contributed by atoms with van der Waals surface area (Å²) in [5.41, 5.74) is 6.55. The summed E-state index contributed by atoms with van der Waals surface area (Å²) in [4.78, 5) is 0. The van der Waals surface area contributed by atoms with Gasteiger partial charge >= 0.3 is 0 Å². The molecule has 0 aromatic heterocycles. The quantitative estimate of drug-likeness (QED) is 0.355. The van der Waals surface area contributed by atoms with Crippen LogP contribution in [0, 0.1) is 0 Å². The first-order chi connectivity index (χ1) is 13.4.